The third kappa shape index (κ3) is 3.41. The number of carbonyl (C=O) groups is 1. The molecule has 0 spiro atoms. The number of nitrogens with one attached hydrogen (secondary N) is 2. The summed E-state index contributed by atoms with van der Waals surface area (Å²) >= 11 is 1.86. The van der Waals surface area contributed by atoms with Crippen molar-refractivity contribution in [3.63, 3.8) is 0 Å². The van der Waals surface area contributed by atoms with Gasteiger partial charge in [0.25, 0.3) is 5.91 Å². The van der Waals surface area contributed by atoms with Gasteiger partial charge in [0.2, 0.25) is 0 Å². The Bertz CT molecular complexity index is 438. The number of amides is 1. The number of thioether (sulfide) groups is 1. The van der Waals surface area contributed by atoms with Gasteiger partial charge < -0.3 is 10.6 Å². The summed E-state index contributed by atoms with van der Waals surface area (Å²) in [6.45, 7) is 0. The van der Waals surface area contributed by atoms with E-state index in [1.165, 1.54) is 19.3 Å². The molecule has 4 nitrogen and oxygen atoms in total. The molecule has 1 aliphatic rings. The van der Waals surface area contributed by atoms with Gasteiger partial charge in [-0.05, 0) is 25.2 Å². The predicted molar refractivity (Wildman–Crippen MR) is 80.8 cm³/mol. The molecule has 1 aromatic rings. The Balaban J connectivity index is 2.07. The van der Waals surface area contributed by atoms with E-state index in [9.17, 15) is 4.79 Å². The normalized spacial score (nSPS) is 22.8. The number of rotatable bonds is 4. The zero-order chi connectivity index (χ0) is 13.7. The molecule has 0 radical (unpaired) electrons. The van der Waals surface area contributed by atoms with Gasteiger partial charge in [-0.3, -0.25) is 9.78 Å². The van der Waals surface area contributed by atoms with Crippen LogP contribution in [-0.4, -0.2) is 35.5 Å². The van der Waals surface area contributed by atoms with E-state index in [1.54, 1.807) is 25.5 Å². The molecular weight excluding hydrogens is 258 g/mol. The lowest BCUT2D eigenvalue weighted by Gasteiger charge is -2.31. The maximum absolute atomic E-state index is 12.4. The maximum atomic E-state index is 12.4. The van der Waals surface area contributed by atoms with Gasteiger partial charge in [0.05, 0.1) is 17.4 Å². The molecule has 1 aromatic heterocycles. The molecule has 0 bridgehead atoms. The standard InChI is InChI=1S/C14H21N3OS/c1-15-12-9-16-8-7-10(12)14(18)17-11-5-3-4-6-13(11)19-2/h7-9,11,13,15H,3-6H2,1-2H3,(H,17,18). The molecule has 1 aliphatic carbocycles. The Morgan fingerprint density at radius 2 is 2.21 bits per heavy atom. The highest BCUT2D eigenvalue weighted by atomic mass is 32.2. The fraction of sp³-hybridized carbons (Fsp3) is 0.571. The first-order valence-electron chi connectivity index (χ1n) is 6.71. The summed E-state index contributed by atoms with van der Waals surface area (Å²) in [5.74, 6) is -0.00213. The van der Waals surface area contributed by atoms with Gasteiger partial charge in [0.15, 0.2) is 0 Å². The average Bonchev–Trinajstić information content (AvgIpc) is 2.47. The van der Waals surface area contributed by atoms with Gasteiger partial charge in [0, 0.05) is 24.5 Å². The Morgan fingerprint density at radius 3 is 2.95 bits per heavy atom. The molecular formula is C14H21N3OS. The fourth-order valence-electron chi connectivity index (χ4n) is 2.58. The quantitative estimate of drug-likeness (QED) is 0.889. The van der Waals surface area contributed by atoms with Crippen LogP contribution in [0.5, 0.6) is 0 Å². The first-order valence-corrected chi connectivity index (χ1v) is 8.00. The molecule has 0 saturated heterocycles. The third-order valence-corrected chi connectivity index (χ3v) is 4.83. The minimum Gasteiger partial charge on any atom is -0.386 e. The summed E-state index contributed by atoms with van der Waals surface area (Å²) in [5, 5.41) is 6.73. The van der Waals surface area contributed by atoms with Crippen LogP contribution in [-0.2, 0) is 0 Å². The van der Waals surface area contributed by atoms with E-state index in [0.717, 1.165) is 12.1 Å². The zero-order valence-electron chi connectivity index (χ0n) is 11.5. The van der Waals surface area contributed by atoms with Crippen LogP contribution in [0.4, 0.5) is 5.69 Å². The van der Waals surface area contributed by atoms with E-state index in [-0.39, 0.29) is 11.9 Å². The lowest BCUT2D eigenvalue weighted by molar-refractivity contribution is 0.0930. The molecule has 2 N–H and O–H groups in total. The lowest BCUT2D eigenvalue weighted by atomic mass is 9.94. The third-order valence-electron chi connectivity index (χ3n) is 3.66. The van der Waals surface area contributed by atoms with E-state index >= 15 is 0 Å². The van der Waals surface area contributed by atoms with E-state index < -0.39 is 0 Å². The van der Waals surface area contributed by atoms with Gasteiger partial charge in [0.1, 0.15) is 0 Å². The second-order valence-corrected chi connectivity index (χ2v) is 5.89. The van der Waals surface area contributed by atoms with Crippen molar-refractivity contribution in [2.24, 2.45) is 0 Å². The molecule has 5 heteroatoms. The molecule has 2 unspecified atom stereocenters. The van der Waals surface area contributed by atoms with Crippen LogP contribution in [0.1, 0.15) is 36.0 Å². The van der Waals surface area contributed by atoms with Crippen molar-refractivity contribution in [2.75, 3.05) is 18.6 Å². The van der Waals surface area contributed by atoms with E-state index in [0.29, 0.717) is 10.8 Å². The van der Waals surface area contributed by atoms with Gasteiger partial charge >= 0.3 is 0 Å². The minimum atomic E-state index is -0.00213. The van der Waals surface area contributed by atoms with Gasteiger partial charge in [-0.15, -0.1) is 0 Å². The lowest BCUT2D eigenvalue weighted by Crippen LogP contribution is -2.43. The molecule has 104 valence electrons. The van der Waals surface area contributed by atoms with Gasteiger partial charge in [-0.25, -0.2) is 0 Å². The van der Waals surface area contributed by atoms with Crippen molar-refractivity contribution in [1.29, 1.82) is 0 Å². The van der Waals surface area contributed by atoms with E-state index in [1.807, 2.05) is 11.8 Å². The molecule has 1 fully saturated rings. The Labute approximate surface area is 118 Å². The van der Waals surface area contributed by atoms with Crippen molar-refractivity contribution in [3.05, 3.63) is 24.0 Å². The summed E-state index contributed by atoms with van der Waals surface area (Å²) < 4.78 is 0. The number of anilines is 1. The topological polar surface area (TPSA) is 54.0 Å². The van der Waals surface area contributed by atoms with Crippen molar-refractivity contribution in [1.82, 2.24) is 10.3 Å². The number of nitrogens with zero attached hydrogens (tertiary/aromatic N) is 1. The monoisotopic (exact) mass is 279 g/mol. The van der Waals surface area contributed by atoms with E-state index in [2.05, 4.69) is 21.9 Å². The molecule has 1 saturated carbocycles. The minimum absolute atomic E-state index is 0.00213. The summed E-state index contributed by atoms with van der Waals surface area (Å²) in [6.07, 6.45) is 10.2. The van der Waals surface area contributed by atoms with Gasteiger partial charge in [-0.2, -0.15) is 11.8 Å². The molecule has 0 aromatic carbocycles. The number of hydrogen-bond acceptors (Lipinski definition) is 4. The van der Waals surface area contributed by atoms with E-state index in [4.69, 9.17) is 0 Å². The summed E-state index contributed by atoms with van der Waals surface area (Å²) in [5.41, 5.74) is 1.44. The summed E-state index contributed by atoms with van der Waals surface area (Å²) in [6, 6.07) is 2.05. The highest BCUT2D eigenvalue weighted by Gasteiger charge is 2.26. The molecule has 0 aliphatic heterocycles. The number of carbonyl (C=O) groups excluding carboxylic acids is 1. The molecule has 1 heterocycles. The average molecular weight is 279 g/mol. The van der Waals surface area contributed by atoms with Crippen molar-refractivity contribution in [3.8, 4) is 0 Å². The van der Waals surface area contributed by atoms with Crippen LogP contribution < -0.4 is 10.6 Å². The zero-order valence-corrected chi connectivity index (χ0v) is 12.3. The van der Waals surface area contributed by atoms with Crippen LogP contribution >= 0.6 is 11.8 Å². The molecule has 1 amide bonds. The first kappa shape index (κ1) is 14.2. The fourth-order valence-corrected chi connectivity index (χ4v) is 3.52. The van der Waals surface area contributed by atoms with Crippen molar-refractivity contribution in [2.45, 2.75) is 37.0 Å². The van der Waals surface area contributed by atoms with Gasteiger partial charge in [-0.1, -0.05) is 12.8 Å². The Kier molecular flexibility index (Phi) is 5.07. The second kappa shape index (κ2) is 6.80. The molecule has 2 atom stereocenters. The number of pyridine rings is 1. The summed E-state index contributed by atoms with van der Waals surface area (Å²) in [7, 11) is 1.80. The van der Waals surface area contributed by atoms with Crippen LogP contribution in [0, 0.1) is 0 Å². The molecule has 19 heavy (non-hydrogen) atoms. The first-order chi connectivity index (χ1) is 9.26. The summed E-state index contributed by atoms with van der Waals surface area (Å²) in [4.78, 5) is 16.4. The number of hydrogen-bond donors (Lipinski definition) is 2. The number of aromatic nitrogens is 1. The van der Waals surface area contributed by atoms with Crippen LogP contribution in [0.15, 0.2) is 18.5 Å². The second-order valence-electron chi connectivity index (χ2n) is 4.81. The van der Waals surface area contributed by atoms with Crippen LogP contribution in [0.2, 0.25) is 0 Å². The SMILES string of the molecule is CNc1cnccc1C(=O)NC1CCCCC1SC. The van der Waals surface area contributed by atoms with Crippen LogP contribution in [0.3, 0.4) is 0 Å². The van der Waals surface area contributed by atoms with Crippen molar-refractivity contribution >= 4 is 23.4 Å². The Morgan fingerprint density at radius 1 is 1.42 bits per heavy atom. The van der Waals surface area contributed by atoms with Crippen molar-refractivity contribution < 1.29 is 4.79 Å². The highest BCUT2D eigenvalue weighted by molar-refractivity contribution is 7.99. The Hall–Kier alpha value is -1.23. The maximum Gasteiger partial charge on any atom is 0.253 e. The highest BCUT2D eigenvalue weighted by Crippen LogP contribution is 2.27. The molecule has 2 rings (SSSR count). The largest absolute Gasteiger partial charge is 0.386 e. The smallest absolute Gasteiger partial charge is 0.253 e. The van der Waals surface area contributed by atoms with Crippen LogP contribution in [0.25, 0.3) is 0 Å². The predicted octanol–water partition coefficient (Wildman–Crippen LogP) is 2.53.